The molecule has 0 bridgehead atoms. The summed E-state index contributed by atoms with van der Waals surface area (Å²) in [4.78, 5) is 10.4. The van der Waals surface area contributed by atoms with Gasteiger partial charge in [0.05, 0.1) is 9.82 Å². The van der Waals surface area contributed by atoms with Crippen LogP contribution in [-0.4, -0.2) is 36.8 Å². The SMILES string of the molecule is Cc1cc(C)c(S(=O)(=O)N2CC[C@@H](N)C2)cc1[N+](=O)[O-].Cl. The molecule has 9 heteroatoms. The van der Waals surface area contributed by atoms with E-state index in [0.717, 1.165) is 6.07 Å². The van der Waals surface area contributed by atoms with Crippen molar-refractivity contribution in [2.24, 2.45) is 5.73 Å². The standard InChI is InChI=1S/C12H17N3O4S.ClH/c1-8-5-9(2)12(6-11(8)15(16)17)20(18,19)14-4-3-10(13)7-14;/h5-6,10H,3-4,7,13H2,1-2H3;1H/t10-;/m1./s1. The predicted molar refractivity (Wildman–Crippen MR) is 81.2 cm³/mol. The molecule has 1 fully saturated rings. The summed E-state index contributed by atoms with van der Waals surface area (Å²) in [6, 6.07) is 2.50. The minimum Gasteiger partial charge on any atom is -0.326 e. The number of hydrogen-bond acceptors (Lipinski definition) is 5. The Balaban J connectivity index is 0.00000220. The van der Waals surface area contributed by atoms with Crippen molar-refractivity contribution in [1.82, 2.24) is 4.31 Å². The lowest BCUT2D eigenvalue weighted by Gasteiger charge is -2.17. The Labute approximate surface area is 129 Å². The van der Waals surface area contributed by atoms with Crippen LogP contribution < -0.4 is 5.73 Å². The van der Waals surface area contributed by atoms with Crippen LogP contribution in [0.15, 0.2) is 17.0 Å². The number of nitro benzene ring substituents is 1. The first-order valence-electron chi connectivity index (χ1n) is 6.25. The number of sulfonamides is 1. The van der Waals surface area contributed by atoms with E-state index >= 15 is 0 Å². The molecule has 1 saturated heterocycles. The molecule has 2 rings (SSSR count). The molecule has 0 radical (unpaired) electrons. The van der Waals surface area contributed by atoms with Crippen molar-refractivity contribution in [3.8, 4) is 0 Å². The van der Waals surface area contributed by atoms with Crippen molar-refractivity contribution in [1.29, 1.82) is 0 Å². The fourth-order valence-electron chi connectivity index (χ4n) is 2.41. The second-order valence-corrected chi connectivity index (χ2v) is 6.98. The fraction of sp³-hybridized carbons (Fsp3) is 0.500. The molecular weight excluding hydrogens is 318 g/mol. The number of nitrogens with zero attached hydrogens (tertiary/aromatic N) is 2. The Morgan fingerprint density at radius 1 is 1.33 bits per heavy atom. The molecule has 0 spiro atoms. The zero-order valence-corrected chi connectivity index (χ0v) is 13.4. The van der Waals surface area contributed by atoms with E-state index in [1.807, 2.05) is 0 Å². The second-order valence-electron chi connectivity index (χ2n) is 5.07. The van der Waals surface area contributed by atoms with Crippen molar-refractivity contribution >= 4 is 28.1 Å². The molecule has 0 aromatic heterocycles. The van der Waals surface area contributed by atoms with Gasteiger partial charge in [0.25, 0.3) is 5.69 Å². The van der Waals surface area contributed by atoms with Gasteiger partial charge in [-0.25, -0.2) is 8.42 Å². The third-order valence-electron chi connectivity index (χ3n) is 3.50. The van der Waals surface area contributed by atoms with Gasteiger partial charge < -0.3 is 5.73 Å². The highest BCUT2D eigenvalue weighted by Crippen LogP contribution is 2.29. The molecule has 1 aromatic carbocycles. The summed E-state index contributed by atoms with van der Waals surface area (Å²) in [5.74, 6) is 0. The van der Waals surface area contributed by atoms with Gasteiger partial charge in [-0.1, -0.05) is 0 Å². The third-order valence-corrected chi connectivity index (χ3v) is 5.50. The van der Waals surface area contributed by atoms with Gasteiger partial charge in [-0.05, 0) is 31.9 Å². The summed E-state index contributed by atoms with van der Waals surface area (Å²) in [6.45, 7) is 3.83. The van der Waals surface area contributed by atoms with Crippen LogP contribution in [0, 0.1) is 24.0 Å². The van der Waals surface area contributed by atoms with Gasteiger partial charge in [-0.2, -0.15) is 4.31 Å². The molecule has 1 aliphatic heterocycles. The van der Waals surface area contributed by atoms with Crippen molar-refractivity contribution < 1.29 is 13.3 Å². The van der Waals surface area contributed by atoms with Crippen LogP contribution in [0.1, 0.15) is 17.5 Å². The van der Waals surface area contributed by atoms with E-state index in [1.165, 1.54) is 10.4 Å². The van der Waals surface area contributed by atoms with E-state index in [4.69, 9.17) is 5.73 Å². The summed E-state index contributed by atoms with van der Waals surface area (Å²) in [7, 11) is -3.73. The van der Waals surface area contributed by atoms with Crippen LogP contribution in [0.4, 0.5) is 5.69 Å². The average Bonchev–Trinajstić information content (AvgIpc) is 2.75. The Hall–Kier alpha value is -1.22. The maximum absolute atomic E-state index is 12.5. The summed E-state index contributed by atoms with van der Waals surface area (Å²) in [5, 5.41) is 11.0. The normalized spacial score (nSPS) is 19.3. The summed E-state index contributed by atoms with van der Waals surface area (Å²) in [5.41, 5.74) is 6.50. The molecule has 21 heavy (non-hydrogen) atoms. The molecule has 1 aromatic rings. The van der Waals surface area contributed by atoms with Gasteiger partial charge >= 0.3 is 0 Å². The van der Waals surface area contributed by atoms with Gasteiger partial charge in [-0.15, -0.1) is 12.4 Å². The van der Waals surface area contributed by atoms with Crippen LogP contribution in [-0.2, 0) is 10.0 Å². The lowest BCUT2D eigenvalue weighted by atomic mass is 10.1. The molecule has 0 saturated carbocycles. The average molecular weight is 336 g/mol. The van der Waals surface area contributed by atoms with Crippen LogP contribution in [0.2, 0.25) is 0 Å². The summed E-state index contributed by atoms with van der Waals surface area (Å²) < 4.78 is 26.4. The van der Waals surface area contributed by atoms with Crippen molar-refractivity contribution in [2.45, 2.75) is 31.2 Å². The zero-order valence-electron chi connectivity index (χ0n) is 11.8. The second kappa shape index (κ2) is 6.27. The predicted octanol–water partition coefficient (Wildman–Crippen LogP) is 1.36. The number of benzene rings is 1. The van der Waals surface area contributed by atoms with E-state index in [1.54, 1.807) is 13.8 Å². The van der Waals surface area contributed by atoms with Crippen molar-refractivity contribution in [3.63, 3.8) is 0 Å². The van der Waals surface area contributed by atoms with E-state index < -0.39 is 14.9 Å². The lowest BCUT2D eigenvalue weighted by Crippen LogP contribution is -2.32. The highest BCUT2D eigenvalue weighted by Gasteiger charge is 2.33. The van der Waals surface area contributed by atoms with E-state index in [2.05, 4.69) is 0 Å². The van der Waals surface area contributed by atoms with E-state index in [-0.39, 0.29) is 35.6 Å². The van der Waals surface area contributed by atoms with Crippen molar-refractivity contribution in [2.75, 3.05) is 13.1 Å². The molecule has 118 valence electrons. The Morgan fingerprint density at radius 3 is 2.43 bits per heavy atom. The van der Waals surface area contributed by atoms with E-state index in [0.29, 0.717) is 24.1 Å². The van der Waals surface area contributed by atoms with Crippen LogP contribution in [0.25, 0.3) is 0 Å². The van der Waals surface area contributed by atoms with Crippen LogP contribution in [0.3, 0.4) is 0 Å². The van der Waals surface area contributed by atoms with Gasteiger partial charge in [0.15, 0.2) is 0 Å². The Morgan fingerprint density at radius 2 is 1.95 bits per heavy atom. The first-order chi connectivity index (χ1) is 9.23. The number of aryl methyl sites for hydroxylation is 2. The van der Waals surface area contributed by atoms with Gasteiger partial charge in [0, 0.05) is 30.8 Å². The first kappa shape index (κ1) is 17.8. The van der Waals surface area contributed by atoms with Crippen LogP contribution in [0.5, 0.6) is 0 Å². The molecule has 1 aliphatic rings. The highest BCUT2D eigenvalue weighted by atomic mass is 35.5. The minimum absolute atomic E-state index is 0. The Bertz CT molecular complexity index is 663. The largest absolute Gasteiger partial charge is 0.326 e. The molecule has 1 heterocycles. The zero-order chi connectivity index (χ0) is 15.1. The first-order valence-corrected chi connectivity index (χ1v) is 7.69. The molecule has 0 aliphatic carbocycles. The van der Waals surface area contributed by atoms with Crippen molar-refractivity contribution in [3.05, 3.63) is 33.4 Å². The molecular formula is C12H18ClN3O4S. The van der Waals surface area contributed by atoms with Gasteiger partial charge in [-0.3, -0.25) is 10.1 Å². The van der Waals surface area contributed by atoms with Gasteiger partial charge in [0.1, 0.15) is 0 Å². The lowest BCUT2D eigenvalue weighted by molar-refractivity contribution is -0.385. The molecule has 2 N–H and O–H groups in total. The molecule has 1 atom stereocenters. The monoisotopic (exact) mass is 335 g/mol. The van der Waals surface area contributed by atoms with Gasteiger partial charge in [0.2, 0.25) is 10.0 Å². The topological polar surface area (TPSA) is 107 Å². The number of halogens is 1. The van der Waals surface area contributed by atoms with E-state index in [9.17, 15) is 18.5 Å². The minimum atomic E-state index is -3.73. The maximum Gasteiger partial charge on any atom is 0.273 e. The van der Waals surface area contributed by atoms with Crippen LogP contribution >= 0.6 is 12.4 Å². The molecule has 0 amide bonds. The number of hydrogen-bond donors (Lipinski definition) is 1. The number of nitro groups is 1. The quantitative estimate of drug-likeness (QED) is 0.663. The molecule has 7 nitrogen and oxygen atoms in total. The maximum atomic E-state index is 12.5. The summed E-state index contributed by atoms with van der Waals surface area (Å²) >= 11 is 0. The summed E-state index contributed by atoms with van der Waals surface area (Å²) in [6.07, 6.45) is 0.603. The number of rotatable bonds is 3. The Kier molecular flexibility index (Phi) is 5.32. The fourth-order valence-corrected chi connectivity index (χ4v) is 4.15. The number of nitrogens with two attached hydrogens (primary N) is 1. The smallest absolute Gasteiger partial charge is 0.273 e. The highest BCUT2D eigenvalue weighted by molar-refractivity contribution is 7.89. The molecule has 0 unspecified atom stereocenters. The third kappa shape index (κ3) is 3.34.